The molecule has 1 spiro atoms. The standard InChI is InChI=1S/C15H20BrClN2O2/c16-12-5-11(6-13(17)7-12)14(19-18)10-1-3-21-15(8-10)2-4-20-9-15/h5-7,10,14,19H,1-4,8-9,18H2. The van der Waals surface area contributed by atoms with Crippen LogP contribution in [0.1, 0.15) is 30.9 Å². The van der Waals surface area contributed by atoms with Gasteiger partial charge in [0.25, 0.3) is 0 Å². The van der Waals surface area contributed by atoms with Gasteiger partial charge < -0.3 is 9.47 Å². The third-order valence-electron chi connectivity index (χ3n) is 4.49. The van der Waals surface area contributed by atoms with Crippen molar-refractivity contribution in [3.63, 3.8) is 0 Å². The summed E-state index contributed by atoms with van der Waals surface area (Å²) in [6.07, 6.45) is 2.92. The Labute approximate surface area is 138 Å². The van der Waals surface area contributed by atoms with E-state index in [1.807, 2.05) is 12.1 Å². The third kappa shape index (κ3) is 3.44. The van der Waals surface area contributed by atoms with Gasteiger partial charge in [0.1, 0.15) is 0 Å². The van der Waals surface area contributed by atoms with Crippen LogP contribution in [0.2, 0.25) is 5.02 Å². The number of nitrogens with two attached hydrogens (primary N) is 1. The molecule has 6 heteroatoms. The summed E-state index contributed by atoms with van der Waals surface area (Å²) >= 11 is 9.66. The van der Waals surface area contributed by atoms with Gasteiger partial charge in [0.2, 0.25) is 0 Å². The Bertz CT molecular complexity index is 488. The van der Waals surface area contributed by atoms with Crippen molar-refractivity contribution >= 4 is 27.5 Å². The monoisotopic (exact) mass is 374 g/mol. The summed E-state index contributed by atoms with van der Waals surface area (Å²) in [5.41, 5.74) is 3.96. The molecule has 0 saturated carbocycles. The highest BCUT2D eigenvalue weighted by Gasteiger charge is 2.43. The Morgan fingerprint density at radius 1 is 1.38 bits per heavy atom. The van der Waals surface area contributed by atoms with Gasteiger partial charge in [-0.3, -0.25) is 11.3 Å². The maximum absolute atomic E-state index is 6.17. The molecule has 21 heavy (non-hydrogen) atoms. The molecule has 0 aromatic heterocycles. The predicted molar refractivity (Wildman–Crippen MR) is 86.1 cm³/mol. The molecule has 0 bridgehead atoms. The SMILES string of the molecule is NNC(c1cc(Cl)cc(Br)c1)C1CCOC2(CCOC2)C1. The number of benzene rings is 1. The van der Waals surface area contributed by atoms with E-state index >= 15 is 0 Å². The van der Waals surface area contributed by atoms with Crippen LogP contribution in [0.15, 0.2) is 22.7 Å². The summed E-state index contributed by atoms with van der Waals surface area (Å²) in [6, 6.07) is 6.00. The van der Waals surface area contributed by atoms with Crippen LogP contribution in [0.5, 0.6) is 0 Å². The van der Waals surface area contributed by atoms with E-state index in [9.17, 15) is 0 Å². The molecule has 2 heterocycles. The lowest BCUT2D eigenvalue weighted by Crippen LogP contribution is -2.45. The molecule has 0 aliphatic carbocycles. The minimum Gasteiger partial charge on any atom is -0.378 e. The van der Waals surface area contributed by atoms with Gasteiger partial charge in [-0.25, -0.2) is 0 Å². The molecule has 2 aliphatic rings. The number of halogens is 2. The van der Waals surface area contributed by atoms with Crippen molar-refractivity contribution in [1.29, 1.82) is 0 Å². The van der Waals surface area contributed by atoms with Gasteiger partial charge in [-0.15, -0.1) is 0 Å². The number of hydrazine groups is 1. The third-order valence-corrected chi connectivity index (χ3v) is 5.17. The molecule has 3 atom stereocenters. The van der Waals surface area contributed by atoms with Crippen LogP contribution in [-0.2, 0) is 9.47 Å². The first-order valence-corrected chi connectivity index (χ1v) is 8.43. The van der Waals surface area contributed by atoms with Gasteiger partial charge in [-0.05, 0) is 42.5 Å². The van der Waals surface area contributed by atoms with Crippen molar-refractivity contribution in [3.05, 3.63) is 33.3 Å². The van der Waals surface area contributed by atoms with Gasteiger partial charge in [-0.1, -0.05) is 27.5 Å². The molecule has 116 valence electrons. The zero-order valence-corrected chi connectivity index (χ0v) is 14.1. The molecule has 3 unspecified atom stereocenters. The summed E-state index contributed by atoms with van der Waals surface area (Å²) in [4.78, 5) is 0. The molecular formula is C15H20BrClN2O2. The minimum absolute atomic E-state index is 0.0707. The number of rotatable bonds is 3. The van der Waals surface area contributed by atoms with Gasteiger partial charge in [0.15, 0.2) is 0 Å². The second-order valence-corrected chi connectivity index (χ2v) is 7.29. The van der Waals surface area contributed by atoms with E-state index in [-0.39, 0.29) is 11.6 Å². The lowest BCUT2D eigenvalue weighted by molar-refractivity contribution is -0.103. The van der Waals surface area contributed by atoms with Gasteiger partial charge >= 0.3 is 0 Å². The Morgan fingerprint density at radius 2 is 2.24 bits per heavy atom. The average Bonchev–Trinajstić information content (AvgIpc) is 2.86. The molecule has 1 aromatic rings. The quantitative estimate of drug-likeness (QED) is 0.629. The first-order valence-electron chi connectivity index (χ1n) is 7.26. The molecular weight excluding hydrogens is 356 g/mol. The van der Waals surface area contributed by atoms with Crippen LogP contribution in [0.25, 0.3) is 0 Å². The van der Waals surface area contributed by atoms with Gasteiger partial charge in [-0.2, -0.15) is 0 Å². The number of hydrogen-bond acceptors (Lipinski definition) is 4. The van der Waals surface area contributed by atoms with Gasteiger partial charge in [0.05, 0.1) is 12.2 Å². The summed E-state index contributed by atoms with van der Waals surface area (Å²) in [6.45, 7) is 2.24. The Hall–Kier alpha value is -0.170. The maximum atomic E-state index is 6.17. The zero-order chi connectivity index (χ0) is 14.9. The summed E-state index contributed by atoms with van der Waals surface area (Å²) in [5.74, 6) is 6.26. The van der Waals surface area contributed by atoms with E-state index in [4.69, 9.17) is 26.9 Å². The van der Waals surface area contributed by atoms with E-state index in [1.165, 1.54) is 0 Å². The largest absolute Gasteiger partial charge is 0.378 e. The van der Waals surface area contributed by atoms with Crippen LogP contribution in [0, 0.1) is 5.92 Å². The second kappa shape index (κ2) is 6.52. The van der Waals surface area contributed by atoms with Crippen LogP contribution in [0.3, 0.4) is 0 Å². The first-order chi connectivity index (χ1) is 10.1. The van der Waals surface area contributed by atoms with Crippen molar-refractivity contribution in [2.24, 2.45) is 11.8 Å². The van der Waals surface area contributed by atoms with E-state index in [0.29, 0.717) is 17.5 Å². The van der Waals surface area contributed by atoms with Crippen LogP contribution < -0.4 is 11.3 Å². The fraction of sp³-hybridized carbons (Fsp3) is 0.600. The van der Waals surface area contributed by atoms with Crippen molar-refractivity contribution in [2.45, 2.75) is 30.9 Å². The Morgan fingerprint density at radius 3 is 2.90 bits per heavy atom. The van der Waals surface area contributed by atoms with Crippen molar-refractivity contribution in [2.75, 3.05) is 19.8 Å². The Kier molecular flexibility index (Phi) is 4.88. The number of ether oxygens (including phenoxy) is 2. The topological polar surface area (TPSA) is 56.5 Å². The molecule has 2 saturated heterocycles. The molecule has 2 fully saturated rings. The predicted octanol–water partition coefficient (Wildman–Crippen LogP) is 3.19. The molecule has 0 amide bonds. The van der Waals surface area contributed by atoms with E-state index in [2.05, 4.69) is 27.4 Å². The Balaban J connectivity index is 1.82. The normalized spacial score (nSPS) is 30.7. The lowest BCUT2D eigenvalue weighted by Gasteiger charge is -2.40. The second-order valence-electron chi connectivity index (χ2n) is 5.93. The molecule has 4 nitrogen and oxygen atoms in total. The minimum atomic E-state index is -0.117. The summed E-state index contributed by atoms with van der Waals surface area (Å²) < 4.78 is 12.5. The summed E-state index contributed by atoms with van der Waals surface area (Å²) in [7, 11) is 0. The fourth-order valence-electron chi connectivity index (χ4n) is 3.47. The van der Waals surface area contributed by atoms with Gasteiger partial charge in [0, 0.05) is 35.2 Å². The van der Waals surface area contributed by atoms with Crippen molar-refractivity contribution in [1.82, 2.24) is 5.43 Å². The average molecular weight is 376 g/mol. The van der Waals surface area contributed by atoms with E-state index in [1.54, 1.807) is 0 Å². The molecule has 3 N–H and O–H groups in total. The molecule has 3 rings (SSSR count). The molecule has 0 radical (unpaired) electrons. The van der Waals surface area contributed by atoms with E-state index < -0.39 is 0 Å². The highest BCUT2D eigenvalue weighted by Crippen LogP contribution is 2.41. The van der Waals surface area contributed by atoms with Crippen LogP contribution in [-0.4, -0.2) is 25.4 Å². The highest BCUT2D eigenvalue weighted by molar-refractivity contribution is 9.10. The molecule has 1 aromatic carbocycles. The zero-order valence-electron chi connectivity index (χ0n) is 11.8. The fourth-order valence-corrected chi connectivity index (χ4v) is 4.36. The number of hydrogen-bond donors (Lipinski definition) is 2. The van der Waals surface area contributed by atoms with Crippen molar-refractivity contribution in [3.8, 4) is 0 Å². The molecule has 2 aliphatic heterocycles. The lowest BCUT2D eigenvalue weighted by atomic mass is 9.79. The van der Waals surface area contributed by atoms with Crippen LogP contribution in [0.4, 0.5) is 0 Å². The maximum Gasteiger partial charge on any atom is 0.0940 e. The first kappa shape index (κ1) is 15.7. The van der Waals surface area contributed by atoms with Crippen LogP contribution >= 0.6 is 27.5 Å². The highest BCUT2D eigenvalue weighted by atomic mass is 79.9. The van der Waals surface area contributed by atoms with Crippen molar-refractivity contribution < 1.29 is 9.47 Å². The smallest absolute Gasteiger partial charge is 0.0940 e. The number of nitrogens with one attached hydrogen (secondary N) is 1. The summed E-state index contributed by atoms with van der Waals surface area (Å²) in [5, 5.41) is 0.714. The van der Waals surface area contributed by atoms with E-state index in [0.717, 1.165) is 42.5 Å².